The van der Waals surface area contributed by atoms with Gasteiger partial charge in [0.15, 0.2) is 5.65 Å². The molecule has 0 radical (unpaired) electrons. The molecule has 4 nitrogen and oxygen atoms in total. The Morgan fingerprint density at radius 3 is 2.71 bits per heavy atom. The third kappa shape index (κ3) is 2.37. The van der Waals surface area contributed by atoms with Crippen LogP contribution in [-0.2, 0) is 0 Å². The van der Waals surface area contributed by atoms with Gasteiger partial charge in [0.1, 0.15) is 6.07 Å². The van der Waals surface area contributed by atoms with Crippen LogP contribution < -0.4 is 5.32 Å². The molecular weight excluding hydrogens is 280 g/mol. The Morgan fingerprint density at radius 1 is 1.35 bits per heavy atom. The van der Waals surface area contributed by atoms with E-state index in [4.69, 9.17) is 5.26 Å². The van der Waals surface area contributed by atoms with Crippen LogP contribution in [0, 0.1) is 11.3 Å². The summed E-state index contributed by atoms with van der Waals surface area (Å²) in [4.78, 5) is 8.38. The van der Waals surface area contributed by atoms with Crippen LogP contribution in [0.1, 0.15) is 19.4 Å². The molecule has 0 aliphatic carbocycles. The molecule has 0 saturated heterocycles. The lowest BCUT2D eigenvalue weighted by Gasteiger charge is -2.13. The number of fused-ring (bicyclic) bond motifs is 1. The first-order valence-electron chi connectivity index (χ1n) is 5.22. The molecule has 5 heteroatoms. The number of hydrogen-bond donors (Lipinski definition) is 1. The third-order valence-corrected chi connectivity index (χ3v) is 2.68. The molecule has 2 heterocycles. The molecule has 0 aromatic carbocycles. The predicted octanol–water partition coefficient (Wildman–Crippen LogP) is 3.08. The third-order valence-electron chi connectivity index (χ3n) is 2.24. The summed E-state index contributed by atoms with van der Waals surface area (Å²) in [6, 6.07) is 4.30. The van der Waals surface area contributed by atoms with Gasteiger partial charge in [-0.25, -0.2) is 9.97 Å². The molecule has 2 aromatic heterocycles. The van der Waals surface area contributed by atoms with E-state index in [-0.39, 0.29) is 6.04 Å². The van der Waals surface area contributed by atoms with Crippen LogP contribution in [0.3, 0.4) is 0 Å². The van der Waals surface area contributed by atoms with Crippen molar-refractivity contribution in [3.8, 4) is 6.07 Å². The van der Waals surface area contributed by atoms with Crippen LogP contribution >= 0.6 is 15.9 Å². The zero-order valence-electron chi connectivity index (χ0n) is 9.53. The zero-order chi connectivity index (χ0) is 12.4. The highest BCUT2D eigenvalue weighted by Gasteiger charge is 2.10. The molecule has 2 rings (SSSR count). The van der Waals surface area contributed by atoms with Crippen LogP contribution in [0.2, 0.25) is 0 Å². The Kier molecular flexibility index (Phi) is 3.25. The molecule has 2 aromatic rings. The molecule has 0 saturated carbocycles. The van der Waals surface area contributed by atoms with Crippen LogP contribution in [0.4, 0.5) is 5.69 Å². The van der Waals surface area contributed by atoms with Crippen molar-refractivity contribution >= 4 is 32.7 Å². The van der Waals surface area contributed by atoms with Crippen molar-refractivity contribution in [1.82, 2.24) is 9.97 Å². The molecule has 0 amide bonds. The van der Waals surface area contributed by atoms with Gasteiger partial charge in [0.05, 0.1) is 11.3 Å². The standard InChI is InChI=1S/C12H11BrN4/c1-7(2)17-11-8(4-14)5-15-12-10(11)3-9(13)6-16-12/h3,5-7H,1-2H3,(H,15,16,17). The number of anilines is 1. The normalized spacial score (nSPS) is 10.5. The molecule has 0 unspecified atom stereocenters. The summed E-state index contributed by atoms with van der Waals surface area (Å²) < 4.78 is 0.869. The SMILES string of the molecule is CC(C)Nc1c(C#N)cnc2ncc(Br)cc12. The van der Waals surface area contributed by atoms with E-state index in [1.165, 1.54) is 0 Å². The van der Waals surface area contributed by atoms with E-state index in [1.807, 2.05) is 19.9 Å². The molecular formula is C12H11BrN4. The second-order valence-corrected chi connectivity index (χ2v) is 4.90. The summed E-state index contributed by atoms with van der Waals surface area (Å²) in [6.45, 7) is 4.05. The van der Waals surface area contributed by atoms with Crippen molar-refractivity contribution in [2.24, 2.45) is 0 Å². The lowest BCUT2D eigenvalue weighted by Crippen LogP contribution is -2.11. The molecule has 0 atom stereocenters. The topological polar surface area (TPSA) is 61.6 Å². The van der Waals surface area contributed by atoms with Crippen molar-refractivity contribution in [3.05, 3.63) is 28.5 Å². The van der Waals surface area contributed by atoms with Crippen LogP contribution in [-0.4, -0.2) is 16.0 Å². The first-order valence-corrected chi connectivity index (χ1v) is 6.02. The Morgan fingerprint density at radius 2 is 2.06 bits per heavy atom. The summed E-state index contributed by atoms with van der Waals surface area (Å²) in [5, 5.41) is 13.2. The van der Waals surface area contributed by atoms with Crippen molar-refractivity contribution in [1.29, 1.82) is 5.26 Å². The lowest BCUT2D eigenvalue weighted by molar-refractivity contribution is 0.900. The molecule has 0 aliphatic rings. The van der Waals surface area contributed by atoms with Gasteiger partial charge >= 0.3 is 0 Å². The number of halogens is 1. The molecule has 0 aliphatic heterocycles. The highest BCUT2D eigenvalue weighted by Crippen LogP contribution is 2.27. The summed E-state index contributed by atoms with van der Waals surface area (Å²) in [6.07, 6.45) is 3.24. The number of nitrogens with one attached hydrogen (secondary N) is 1. The summed E-state index contributed by atoms with van der Waals surface area (Å²) >= 11 is 3.38. The van der Waals surface area contributed by atoms with E-state index in [0.717, 1.165) is 15.5 Å². The monoisotopic (exact) mass is 290 g/mol. The lowest BCUT2D eigenvalue weighted by atomic mass is 10.1. The number of aromatic nitrogens is 2. The van der Waals surface area contributed by atoms with E-state index in [0.29, 0.717) is 11.2 Å². The van der Waals surface area contributed by atoms with Gasteiger partial charge in [-0.15, -0.1) is 0 Å². The Balaban J connectivity index is 2.73. The van der Waals surface area contributed by atoms with Gasteiger partial charge in [-0.1, -0.05) is 0 Å². The van der Waals surface area contributed by atoms with Crippen LogP contribution in [0.5, 0.6) is 0 Å². The highest BCUT2D eigenvalue weighted by atomic mass is 79.9. The maximum absolute atomic E-state index is 9.10. The van der Waals surface area contributed by atoms with Crippen molar-refractivity contribution in [3.63, 3.8) is 0 Å². The maximum atomic E-state index is 9.10. The molecule has 86 valence electrons. The summed E-state index contributed by atoms with van der Waals surface area (Å²) in [5.41, 5.74) is 1.96. The average Bonchev–Trinajstić information content (AvgIpc) is 2.29. The number of pyridine rings is 2. The minimum absolute atomic E-state index is 0.242. The van der Waals surface area contributed by atoms with E-state index < -0.39 is 0 Å². The minimum Gasteiger partial charge on any atom is -0.381 e. The minimum atomic E-state index is 0.242. The van der Waals surface area contributed by atoms with E-state index in [1.54, 1.807) is 12.4 Å². The van der Waals surface area contributed by atoms with E-state index in [9.17, 15) is 0 Å². The Hall–Kier alpha value is -1.67. The second kappa shape index (κ2) is 4.68. The summed E-state index contributed by atoms with van der Waals surface area (Å²) in [7, 11) is 0. The fourth-order valence-corrected chi connectivity index (χ4v) is 1.91. The van der Waals surface area contributed by atoms with Gasteiger partial charge in [0.25, 0.3) is 0 Å². The van der Waals surface area contributed by atoms with E-state index >= 15 is 0 Å². The fourth-order valence-electron chi connectivity index (χ4n) is 1.58. The molecule has 0 bridgehead atoms. The van der Waals surface area contributed by atoms with Crippen molar-refractivity contribution in [2.45, 2.75) is 19.9 Å². The highest BCUT2D eigenvalue weighted by molar-refractivity contribution is 9.10. The Labute approximate surface area is 108 Å². The Bertz CT molecular complexity index is 601. The van der Waals surface area contributed by atoms with Gasteiger partial charge in [-0.2, -0.15) is 5.26 Å². The van der Waals surface area contributed by atoms with Gasteiger partial charge < -0.3 is 5.32 Å². The predicted molar refractivity (Wildman–Crippen MR) is 70.7 cm³/mol. The first-order chi connectivity index (χ1) is 8.11. The van der Waals surface area contributed by atoms with Crippen LogP contribution in [0.25, 0.3) is 11.0 Å². The van der Waals surface area contributed by atoms with Gasteiger partial charge in [0, 0.05) is 28.3 Å². The number of nitriles is 1. The largest absolute Gasteiger partial charge is 0.381 e. The zero-order valence-corrected chi connectivity index (χ0v) is 11.1. The molecule has 0 fully saturated rings. The fraction of sp³-hybridized carbons (Fsp3) is 0.250. The second-order valence-electron chi connectivity index (χ2n) is 3.98. The van der Waals surface area contributed by atoms with Crippen molar-refractivity contribution < 1.29 is 0 Å². The molecule has 0 spiro atoms. The van der Waals surface area contributed by atoms with Gasteiger partial charge in [-0.05, 0) is 35.8 Å². The molecule has 17 heavy (non-hydrogen) atoms. The quantitative estimate of drug-likeness (QED) is 0.923. The van der Waals surface area contributed by atoms with Gasteiger partial charge in [0.2, 0.25) is 0 Å². The number of nitrogens with zero attached hydrogens (tertiary/aromatic N) is 3. The smallest absolute Gasteiger partial charge is 0.161 e. The molecule has 1 N–H and O–H groups in total. The number of hydrogen-bond acceptors (Lipinski definition) is 4. The first kappa shape index (κ1) is 11.8. The van der Waals surface area contributed by atoms with Crippen molar-refractivity contribution in [2.75, 3.05) is 5.32 Å². The van der Waals surface area contributed by atoms with E-state index in [2.05, 4.69) is 37.3 Å². The maximum Gasteiger partial charge on any atom is 0.161 e. The number of rotatable bonds is 2. The van der Waals surface area contributed by atoms with Gasteiger partial charge in [-0.3, -0.25) is 0 Å². The van der Waals surface area contributed by atoms with Crippen LogP contribution in [0.15, 0.2) is 22.9 Å². The summed E-state index contributed by atoms with van der Waals surface area (Å²) in [5.74, 6) is 0. The average molecular weight is 291 g/mol.